The number of aryl methyl sites for hydroxylation is 1. The van der Waals surface area contributed by atoms with Gasteiger partial charge in [-0.05, 0) is 23.6 Å². The normalized spacial score (nSPS) is 19.1. The third-order valence-electron chi connectivity index (χ3n) is 8.15. The van der Waals surface area contributed by atoms with Gasteiger partial charge >= 0.3 is 11.9 Å². The first-order valence-corrected chi connectivity index (χ1v) is 15.3. The Balaban J connectivity index is 1.89. The van der Waals surface area contributed by atoms with Gasteiger partial charge in [0.1, 0.15) is 14.2 Å². The van der Waals surface area contributed by atoms with Crippen LogP contribution in [0.1, 0.15) is 44.4 Å². The predicted molar refractivity (Wildman–Crippen MR) is 152 cm³/mol. The van der Waals surface area contributed by atoms with Gasteiger partial charge in [0.2, 0.25) is 0 Å². The lowest BCUT2D eigenvalue weighted by atomic mass is 9.77. The zero-order valence-electron chi connectivity index (χ0n) is 23.2. The molecule has 1 aliphatic heterocycles. The van der Waals surface area contributed by atoms with E-state index in [0.29, 0.717) is 6.04 Å². The van der Waals surface area contributed by atoms with Crippen LogP contribution in [0.2, 0.25) is 11.1 Å². The minimum Gasteiger partial charge on any atom is -0.468 e. The highest BCUT2D eigenvalue weighted by Gasteiger charge is 2.63. The average Bonchev–Trinajstić information content (AvgIpc) is 3.31. The van der Waals surface area contributed by atoms with Crippen molar-refractivity contribution in [3.05, 3.63) is 96.1 Å². The van der Waals surface area contributed by atoms with E-state index in [1.54, 1.807) is 0 Å². The van der Waals surface area contributed by atoms with Crippen molar-refractivity contribution < 1.29 is 23.8 Å². The smallest absolute Gasteiger partial charge is 0.326 e. The molecule has 0 bridgehead atoms. The van der Waals surface area contributed by atoms with E-state index in [4.69, 9.17) is 14.2 Å². The number of carbonyl (C=O) groups is 2. The number of ether oxygens (including phenoxy) is 3. The minimum atomic E-state index is -2.54. The molecule has 3 aromatic carbocycles. The monoisotopic (exact) mass is 530 g/mol. The van der Waals surface area contributed by atoms with Crippen LogP contribution in [0.4, 0.5) is 0 Å². The summed E-state index contributed by atoms with van der Waals surface area (Å²) in [6.45, 7) is 8.87. The van der Waals surface area contributed by atoms with Crippen molar-refractivity contribution >= 4 is 30.4 Å². The molecule has 1 aliphatic rings. The van der Waals surface area contributed by atoms with E-state index < -0.39 is 31.5 Å². The number of carbonyl (C=O) groups excluding carboxylic acids is 2. The summed E-state index contributed by atoms with van der Waals surface area (Å²) in [5.74, 6) is -1.25. The minimum absolute atomic E-state index is 0.0970. The maximum atomic E-state index is 13.4. The molecule has 0 aromatic heterocycles. The molecule has 0 N–H and O–H groups in total. The Morgan fingerprint density at radius 2 is 1.32 bits per heavy atom. The van der Waals surface area contributed by atoms with Gasteiger partial charge in [-0.1, -0.05) is 122 Å². The van der Waals surface area contributed by atoms with Crippen LogP contribution in [0.3, 0.4) is 0 Å². The molecule has 1 fully saturated rings. The largest absolute Gasteiger partial charge is 0.468 e. The molecular formula is C32H38O5Si. The third-order valence-corrected chi connectivity index (χ3v) is 14.4. The van der Waals surface area contributed by atoms with Crippen molar-refractivity contribution in [2.45, 2.75) is 57.4 Å². The number of methoxy groups -OCH3 is 2. The zero-order valence-corrected chi connectivity index (χ0v) is 24.2. The second-order valence-electron chi connectivity index (χ2n) is 11.3. The van der Waals surface area contributed by atoms with E-state index >= 15 is 0 Å². The van der Waals surface area contributed by atoms with E-state index in [1.165, 1.54) is 24.6 Å². The Morgan fingerprint density at radius 3 is 1.74 bits per heavy atom. The quantitative estimate of drug-likeness (QED) is 0.238. The molecular weight excluding hydrogens is 492 g/mol. The molecule has 6 heteroatoms. The average molecular weight is 531 g/mol. The van der Waals surface area contributed by atoms with Crippen LogP contribution >= 0.6 is 0 Å². The lowest BCUT2D eigenvalue weighted by Gasteiger charge is -2.45. The zero-order chi connectivity index (χ0) is 27.6. The molecule has 2 unspecified atom stereocenters. The van der Waals surface area contributed by atoms with Crippen LogP contribution in [-0.4, -0.2) is 40.3 Å². The van der Waals surface area contributed by atoms with Crippen LogP contribution in [-0.2, 0) is 23.8 Å². The molecule has 1 heterocycles. The number of rotatable bonds is 7. The van der Waals surface area contributed by atoms with E-state index in [9.17, 15) is 9.59 Å². The van der Waals surface area contributed by atoms with Crippen molar-refractivity contribution in [1.29, 1.82) is 0 Å². The molecule has 0 saturated carbocycles. The van der Waals surface area contributed by atoms with Gasteiger partial charge in [-0.2, -0.15) is 0 Å². The van der Waals surface area contributed by atoms with Crippen LogP contribution in [0.15, 0.2) is 84.9 Å². The van der Waals surface area contributed by atoms with Crippen molar-refractivity contribution in [3.63, 3.8) is 0 Å². The summed E-state index contributed by atoms with van der Waals surface area (Å²) in [5, 5.41) is 2.49. The van der Waals surface area contributed by atoms with Crippen LogP contribution in [0, 0.1) is 12.3 Å². The number of benzene rings is 3. The fourth-order valence-corrected chi connectivity index (χ4v) is 11.8. The van der Waals surface area contributed by atoms with Crippen molar-refractivity contribution in [2.24, 2.45) is 5.41 Å². The molecule has 200 valence electrons. The first-order valence-electron chi connectivity index (χ1n) is 13.1. The van der Waals surface area contributed by atoms with Gasteiger partial charge in [-0.3, -0.25) is 9.59 Å². The van der Waals surface area contributed by atoms with Gasteiger partial charge in [0.15, 0.2) is 5.41 Å². The summed E-state index contributed by atoms with van der Waals surface area (Å²) in [6, 6.07) is 29.7. The summed E-state index contributed by atoms with van der Waals surface area (Å²) in [6.07, 6.45) is -0.993. The fourth-order valence-electron chi connectivity index (χ4n) is 6.24. The lowest BCUT2D eigenvalue weighted by molar-refractivity contribution is -0.173. The molecule has 1 saturated heterocycles. The van der Waals surface area contributed by atoms with Gasteiger partial charge in [-0.25, -0.2) is 0 Å². The second-order valence-corrected chi connectivity index (χ2v) is 16.2. The topological polar surface area (TPSA) is 61.8 Å². The Morgan fingerprint density at radius 1 is 0.842 bits per heavy atom. The van der Waals surface area contributed by atoms with Crippen molar-refractivity contribution in [2.75, 3.05) is 14.2 Å². The van der Waals surface area contributed by atoms with Gasteiger partial charge in [0, 0.05) is 6.42 Å². The number of hydrogen-bond donors (Lipinski definition) is 0. The van der Waals surface area contributed by atoms with Gasteiger partial charge < -0.3 is 14.2 Å². The van der Waals surface area contributed by atoms with Crippen molar-refractivity contribution in [1.82, 2.24) is 0 Å². The Bertz CT molecular complexity index is 1190. The third kappa shape index (κ3) is 4.72. The number of esters is 2. The van der Waals surface area contributed by atoms with E-state index in [0.717, 1.165) is 11.1 Å². The molecule has 5 nitrogen and oxygen atoms in total. The van der Waals surface area contributed by atoms with Crippen LogP contribution in [0.25, 0.3) is 0 Å². The molecule has 0 aliphatic carbocycles. The Hall–Kier alpha value is -3.22. The molecule has 0 radical (unpaired) electrons. The highest BCUT2D eigenvalue weighted by atomic mass is 28.3. The molecule has 38 heavy (non-hydrogen) atoms. The van der Waals surface area contributed by atoms with Gasteiger partial charge in [0.25, 0.3) is 0 Å². The van der Waals surface area contributed by atoms with Crippen LogP contribution < -0.4 is 10.4 Å². The first-order chi connectivity index (χ1) is 18.1. The SMILES string of the molecule is COC(=O)C1(C(=O)OC)CC(C[Si](c2ccccc2)(c2ccccc2)C(C)(C)C)OC1c1ccc(C)cc1. The van der Waals surface area contributed by atoms with Crippen LogP contribution in [0.5, 0.6) is 0 Å². The summed E-state index contributed by atoms with van der Waals surface area (Å²) < 4.78 is 17.3. The van der Waals surface area contributed by atoms with Gasteiger partial charge in [-0.15, -0.1) is 0 Å². The molecule has 0 amide bonds. The highest BCUT2D eigenvalue weighted by Crippen LogP contribution is 2.53. The molecule has 3 aromatic rings. The summed E-state index contributed by atoms with van der Waals surface area (Å²) in [7, 11) is 0.0928. The lowest BCUT2D eigenvalue weighted by Crippen LogP contribution is -2.65. The van der Waals surface area contributed by atoms with Crippen molar-refractivity contribution in [3.8, 4) is 0 Å². The highest BCUT2D eigenvalue weighted by molar-refractivity contribution is 7.04. The molecule has 0 spiro atoms. The van der Waals surface area contributed by atoms with E-state index in [2.05, 4.69) is 69.3 Å². The van der Waals surface area contributed by atoms with E-state index in [1.807, 2.05) is 43.3 Å². The first kappa shape index (κ1) is 27.8. The van der Waals surface area contributed by atoms with Gasteiger partial charge in [0.05, 0.1) is 20.3 Å². The second kappa shape index (κ2) is 10.9. The summed E-state index contributed by atoms with van der Waals surface area (Å²) >= 11 is 0. The maximum absolute atomic E-state index is 13.4. The Kier molecular flexibility index (Phi) is 7.95. The number of hydrogen-bond acceptors (Lipinski definition) is 5. The summed E-state index contributed by atoms with van der Waals surface area (Å²) in [5.41, 5.74) is 0.253. The fraction of sp³-hybridized carbons (Fsp3) is 0.375. The molecule has 4 rings (SSSR count). The summed E-state index contributed by atoms with van der Waals surface area (Å²) in [4.78, 5) is 26.9. The van der Waals surface area contributed by atoms with E-state index in [-0.39, 0.29) is 17.6 Å². The predicted octanol–water partition coefficient (Wildman–Crippen LogP) is 5.22. The Labute approximate surface area is 227 Å². The standard InChI is InChI=1S/C32H38O5Si/c1-23-17-19-24(20-18-23)28-32(29(33)35-5,30(34)36-6)21-25(37-28)22-38(31(2,3)4,26-13-9-7-10-14-26)27-15-11-8-12-16-27/h7-20,25,28H,21-22H2,1-6H3. The maximum Gasteiger partial charge on any atom is 0.326 e. The molecule has 2 atom stereocenters.